The van der Waals surface area contributed by atoms with Gasteiger partial charge in [-0.05, 0) is 60.7 Å². The molecule has 0 aliphatic heterocycles. The predicted molar refractivity (Wildman–Crippen MR) is 135 cm³/mol. The van der Waals surface area contributed by atoms with Gasteiger partial charge in [0.2, 0.25) is 0 Å². The Morgan fingerprint density at radius 1 is 1.09 bits per heavy atom. The van der Waals surface area contributed by atoms with Gasteiger partial charge < -0.3 is 14.6 Å². The van der Waals surface area contributed by atoms with Crippen molar-refractivity contribution in [2.24, 2.45) is 0 Å². The fourth-order valence-electron chi connectivity index (χ4n) is 4.11. The summed E-state index contributed by atoms with van der Waals surface area (Å²) < 4.78 is 8.49. The number of nitrogens with one attached hydrogen (secondary N) is 1. The fraction of sp³-hybridized carbons (Fsp3) is 0.321. The van der Waals surface area contributed by atoms with E-state index in [1.54, 1.807) is 24.5 Å². The molecule has 34 heavy (non-hydrogen) atoms. The van der Waals surface area contributed by atoms with E-state index in [1.807, 2.05) is 18.2 Å². The number of carbonyl (C=O) groups excluding carboxylic acids is 1. The summed E-state index contributed by atoms with van der Waals surface area (Å²) in [4.78, 5) is 21.1. The van der Waals surface area contributed by atoms with Crippen LogP contribution in [-0.2, 0) is 13.0 Å². The van der Waals surface area contributed by atoms with Gasteiger partial charge in [0.25, 0.3) is 5.91 Å². The Kier molecular flexibility index (Phi) is 7.58. The SMILES string of the molecule is Cc1ccc(C(C)C)c(OCCn2c(CCCNC(=O)c3ccncc3)nc3ccccc32)c1. The van der Waals surface area contributed by atoms with Crippen molar-refractivity contribution in [1.29, 1.82) is 0 Å². The van der Waals surface area contributed by atoms with E-state index in [2.05, 4.69) is 59.9 Å². The first-order chi connectivity index (χ1) is 16.5. The highest BCUT2D eigenvalue weighted by molar-refractivity contribution is 5.93. The number of amides is 1. The summed E-state index contributed by atoms with van der Waals surface area (Å²) in [5.41, 5.74) is 5.14. The Labute approximate surface area is 201 Å². The van der Waals surface area contributed by atoms with Gasteiger partial charge in [0.05, 0.1) is 17.6 Å². The first-order valence-corrected chi connectivity index (χ1v) is 11.9. The standard InChI is InChI=1S/C28H32N4O2/c1-20(2)23-11-10-21(3)19-26(23)34-18-17-32-25-8-5-4-7-24(25)31-27(32)9-6-14-30-28(33)22-12-15-29-16-13-22/h4-5,7-8,10-13,15-16,19-20H,6,9,14,17-18H2,1-3H3,(H,30,33). The van der Waals surface area contributed by atoms with Crippen molar-refractivity contribution in [3.63, 3.8) is 0 Å². The molecular weight excluding hydrogens is 424 g/mol. The molecule has 0 aliphatic rings. The van der Waals surface area contributed by atoms with Crippen LogP contribution < -0.4 is 10.1 Å². The maximum absolute atomic E-state index is 12.3. The van der Waals surface area contributed by atoms with Crippen LogP contribution >= 0.6 is 0 Å². The van der Waals surface area contributed by atoms with E-state index in [4.69, 9.17) is 9.72 Å². The lowest BCUT2D eigenvalue weighted by Crippen LogP contribution is -2.25. The van der Waals surface area contributed by atoms with Crippen LogP contribution in [0.5, 0.6) is 5.75 Å². The molecule has 0 spiro atoms. The quantitative estimate of drug-likeness (QED) is 0.329. The summed E-state index contributed by atoms with van der Waals surface area (Å²) >= 11 is 0. The average Bonchev–Trinajstić information content (AvgIpc) is 3.19. The number of ether oxygens (including phenoxy) is 1. The van der Waals surface area contributed by atoms with Gasteiger partial charge in [-0.15, -0.1) is 0 Å². The summed E-state index contributed by atoms with van der Waals surface area (Å²) in [5, 5.41) is 2.98. The molecule has 0 saturated heterocycles. The maximum Gasteiger partial charge on any atom is 0.251 e. The minimum Gasteiger partial charge on any atom is -0.491 e. The van der Waals surface area contributed by atoms with E-state index < -0.39 is 0 Å². The van der Waals surface area contributed by atoms with Crippen LogP contribution in [0.4, 0.5) is 0 Å². The summed E-state index contributed by atoms with van der Waals surface area (Å²) in [7, 11) is 0. The van der Waals surface area contributed by atoms with Gasteiger partial charge >= 0.3 is 0 Å². The summed E-state index contributed by atoms with van der Waals surface area (Å²) in [6.45, 7) is 8.33. The molecule has 1 amide bonds. The first-order valence-electron chi connectivity index (χ1n) is 11.9. The number of aromatic nitrogens is 3. The molecule has 0 atom stereocenters. The summed E-state index contributed by atoms with van der Waals surface area (Å²) in [6.07, 6.45) is 4.82. The Morgan fingerprint density at radius 2 is 1.88 bits per heavy atom. The number of para-hydroxylation sites is 2. The lowest BCUT2D eigenvalue weighted by atomic mass is 10.0. The molecule has 4 rings (SSSR count). The van der Waals surface area contributed by atoms with Crippen molar-refractivity contribution in [3.05, 3.63) is 89.5 Å². The smallest absolute Gasteiger partial charge is 0.251 e. The number of hydrogen-bond acceptors (Lipinski definition) is 4. The zero-order chi connectivity index (χ0) is 23.9. The first kappa shape index (κ1) is 23.5. The lowest BCUT2D eigenvalue weighted by molar-refractivity contribution is 0.0953. The molecule has 1 N–H and O–H groups in total. The van der Waals surface area contributed by atoms with Crippen LogP contribution in [0.3, 0.4) is 0 Å². The zero-order valence-corrected chi connectivity index (χ0v) is 20.1. The second-order valence-corrected chi connectivity index (χ2v) is 8.81. The lowest BCUT2D eigenvalue weighted by Gasteiger charge is -2.16. The second-order valence-electron chi connectivity index (χ2n) is 8.81. The normalized spacial score (nSPS) is 11.2. The monoisotopic (exact) mass is 456 g/mol. The number of nitrogens with zero attached hydrogens (tertiary/aromatic N) is 3. The van der Waals surface area contributed by atoms with Crippen molar-refractivity contribution in [3.8, 4) is 5.75 Å². The Balaban J connectivity index is 1.40. The topological polar surface area (TPSA) is 69.0 Å². The van der Waals surface area contributed by atoms with Gasteiger partial charge in [-0.2, -0.15) is 0 Å². The molecule has 0 fully saturated rings. The number of hydrogen-bond donors (Lipinski definition) is 1. The molecule has 0 radical (unpaired) electrons. The van der Waals surface area contributed by atoms with E-state index in [0.717, 1.165) is 35.4 Å². The van der Waals surface area contributed by atoms with E-state index in [9.17, 15) is 4.79 Å². The van der Waals surface area contributed by atoms with Crippen molar-refractivity contribution >= 4 is 16.9 Å². The number of carbonyl (C=O) groups is 1. The highest BCUT2D eigenvalue weighted by Gasteiger charge is 2.13. The largest absolute Gasteiger partial charge is 0.491 e. The van der Waals surface area contributed by atoms with Crippen molar-refractivity contribution in [2.75, 3.05) is 13.2 Å². The van der Waals surface area contributed by atoms with Gasteiger partial charge in [-0.3, -0.25) is 9.78 Å². The number of imidazole rings is 1. The molecule has 0 saturated carbocycles. The van der Waals surface area contributed by atoms with Crippen molar-refractivity contribution < 1.29 is 9.53 Å². The Morgan fingerprint density at radius 3 is 2.68 bits per heavy atom. The number of aryl methyl sites for hydroxylation is 2. The van der Waals surface area contributed by atoms with Crippen molar-refractivity contribution in [1.82, 2.24) is 19.9 Å². The van der Waals surface area contributed by atoms with Crippen LogP contribution in [0.2, 0.25) is 0 Å². The molecule has 2 heterocycles. The molecule has 0 bridgehead atoms. The van der Waals surface area contributed by atoms with Crippen LogP contribution in [0.25, 0.3) is 11.0 Å². The molecule has 0 unspecified atom stereocenters. The van der Waals surface area contributed by atoms with Crippen LogP contribution in [0.15, 0.2) is 67.0 Å². The molecule has 6 heteroatoms. The van der Waals surface area contributed by atoms with E-state index in [1.165, 1.54) is 11.1 Å². The predicted octanol–water partition coefficient (Wildman–Crippen LogP) is 5.30. The second kappa shape index (κ2) is 11.0. The maximum atomic E-state index is 12.3. The van der Waals surface area contributed by atoms with Crippen LogP contribution in [0, 0.1) is 6.92 Å². The highest BCUT2D eigenvalue weighted by Crippen LogP contribution is 2.27. The minimum absolute atomic E-state index is 0.0802. The molecule has 176 valence electrons. The van der Waals surface area contributed by atoms with Crippen LogP contribution in [-0.4, -0.2) is 33.6 Å². The van der Waals surface area contributed by atoms with Crippen molar-refractivity contribution in [2.45, 2.75) is 46.1 Å². The zero-order valence-electron chi connectivity index (χ0n) is 20.1. The summed E-state index contributed by atoms with van der Waals surface area (Å²) in [5.74, 6) is 2.29. The van der Waals surface area contributed by atoms with Gasteiger partial charge in [0, 0.05) is 30.9 Å². The summed E-state index contributed by atoms with van der Waals surface area (Å²) in [6, 6.07) is 18.0. The molecule has 6 nitrogen and oxygen atoms in total. The Hall–Kier alpha value is -3.67. The van der Waals surface area contributed by atoms with E-state index in [0.29, 0.717) is 31.2 Å². The van der Waals surface area contributed by atoms with Gasteiger partial charge in [0.1, 0.15) is 18.2 Å². The third-order valence-corrected chi connectivity index (χ3v) is 5.90. The Bertz CT molecular complexity index is 1250. The molecule has 2 aromatic carbocycles. The molecule has 4 aromatic rings. The number of rotatable bonds is 10. The molecule has 2 aromatic heterocycles. The van der Waals surface area contributed by atoms with E-state index >= 15 is 0 Å². The molecular formula is C28H32N4O2. The van der Waals surface area contributed by atoms with Gasteiger partial charge in [-0.25, -0.2) is 4.98 Å². The van der Waals surface area contributed by atoms with Gasteiger partial charge in [-0.1, -0.05) is 38.1 Å². The number of fused-ring (bicyclic) bond motifs is 1. The minimum atomic E-state index is -0.0802. The third-order valence-electron chi connectivity index (χ3n) is 5.90. The number of benzene rings is 2. The fourth-order valence-corrected chi connectivity index (χ4v) is 4.11. The van der Waals surface area contributed by atoms with Gasteiger partial charge in [0.15, 0.2) is 0 Å². The highest BCUT2D eigenvalue weighted by atomic mass is 16.5. The molecule has 0 aliphatic carbocycles. The number of pyridine rings is 1. The van der Waals surface area contributed by atoms with Crippen LogP contribution in [0.1, 0.15) is 53.5 Å². The van der Waals surface area contributed by atoms with E-state index in [-0.39, 0.29) is 5.91 Å². The third kappa shape index (κ3) is 5.63. The average molecular weight is 457 g/mol.